The number of para-hydroxylation sites is 1. The molecule has 1 N–H and O–H groups in total. The molecule has 0 heterocycles. The standard InChI is InChI=1S/C15H14O4/c1-2-18-11-7-9-12(10-8-11)19-14-6-4-3-5-13(14)15(16)17/h3-10H,2H2,1H3,(H,16,17). The lowest BCUT2D eigenvalue weighted by Gasteiger charge is -2.09. The van der Waals surface area contributed by atoms with Crippen molar-refractivity contribution in [2.75, 3.05) is 6.61 Å². The Morgan fingerprint density at radius 2 is 1.68 bits per heavy atom. The minimum atomic E-state index is -1.01. The number of hydrogen-bond acceptors (Lipinski definition) is 3. The van der Waals surface area contributed by atoms with E-state index in [1.807, 2.05) is 6.92 Å². The normalized spacial score (nSPS) is 9.95. The van der Waals surface area contributed by atoms with Crippen molar-refractivity contribution in [1.29, 1.82) is 0 Å². The molecule has 0 atom stereocenters. The Kier molecular flexibility index (Phi) is 4.03. The van der Waals surface area contributed by atoms with Crippen molar-refractivity contribution in [3.8, 4) is 17.2 Å². The topological polar surface area (TPSA) is 55.8 Å². The largest absolute Gasteiger partial charge is 0.494 e. The molecule has 0 amide bonds. The number of carboxylic acid groups (broad SMARTS) is 1. The minimum absolute atomic E-state index is 0.136. The smallest absolute Gasteiger partial charge is 0.339 e. The third kappa shape index (κ3) is 3.25. The van der Waals surface area contributed by atoms with Crippen LogP contribution in [0.5, 0.6) is 17.2 Å². The minimum Gasteiger partial charge on any atom is -0.494 e. The summed E-state index contributed by atoms with van der Waals surface area (Å²) in [5.41, 5.74) is 0.136. The number of carbonyl (C=O) groups is 1. The Morgan fingerprint density at radius 3 is 2.32 bits per heavy atom. The molecular formula is C15H14O4. The van der Waals surface area contributed by atoms with E-state index in [1.165, 1.54) is 6.07 Å². The van der Waals surface area contributed by atoms with Crippen molar-refractivity contribution in [1.82, 2.24) is 0 Å². The molecule has 19 heavy (non-hydrogen) atoms. The first-order valence-corrected chi connectivity index (χ1v) is 5.93. The zero-order valence-corrected chi connectivity index (χ0v) is 10.5. The third-order valence-corrected chi connectivity index (χ3v) is 2.48. The van der Waals surface area contributed by atoms with Crippen LogP contribution in [0.1, 0.15) is 17.3 Å². The molecule has 98 valence electrons. The van der Waals surface area contributed by atoms with E-state index in [0.717, 1.165) is 5.75 Å². The number of hydrogen-bond donors (Lipinski definition) is 1. The molecule has 0 saturated heterocycles. The van der Waals surface area contributed by atoms with Crippen LogP contribution in [-0.4, -0.2) is 17.7 Å². The first kappa shape index (κ1) is 13.0. The molecule has 2 rings (SSSR count). The summed E-state index contributed by atoms with van der Waals surface area (Å²) in [7, 11) is 0. The number of benzene rings is 2. The zero-order chi connectivity index (χ0) is 13.7. The molecule has 4 heteroatoms. The van der Waals surface area contributed by atoms with Gasteiger partial charge in [0.25, 0.3) is 0 Å². The van der Waals surface area contributed by atoms with Gasteiger partial charge < -0.3 is 14.6 Å². The highest BCUT2D eigenvalue weighted by Gasteiger charge is 2.10. The summed E-state index contributed by atoms with van der Waals surface area (Å²) in [6, 6.07) is 13.6. The van der Waals surface area contributed by atoms with Crippen molar-refractivity contribution in [3.05, 3.63) is 54.1 Å². The fourth-order valence-electron chi connectivity index (χ4n) is 1.63. The van der Waals surface area contributed by atoms with E-state index in [2.05, 4.69) is 0 Å². The summed E-state index contributed by atoms with van der Waals surface area (Å²) in [6.45, 7) is 2.51. The second kappa shape index (κ2) is 5.91. The van der Waals surface area contributed by atoms with Gasteiger partial charge in [0, 0.05) is 0 Å². The molecule has 0 radical (unpaired) electrons. The molecule has 2 aromatic carbocycles. The average Bonchev–Trinajstić information content (AvgIpc) is 2.42. The molecule has 4 nitrogen and oxygen atoms in total. The van der Waals surface area contributed by atoms with E-state index in [0.29, 0.717) is 18.1 Å². The van der Waals surface area contributed by atoms with Gasteiger partial charge in [-0.3, -0.25) is 0 Å². The quantitative estimate of drug-likeness (QED) is 0.890. The maximum atomic E-state index is 11.1. The summed E-state index contributed by atoms with van der Waals surface area (Å²) in [6.07, 6.45) is 0. The van der Waals surface area contributed by atoms with Gasteiger partial charge in [-0.2, -0.15) is 0 Å². The van der Waals surface area contributed by atoms with Crippen molar-refractivity contribution >= 4 is 5.97 Å². The maximum absolute atomic E-state index is 11.1. The highest BCUT2D eigenvalue weighted by atomic mass is 16.5. The van der Waals surface area contributed by atoms with Gasteiger partial charge in [-0.25, -0.2) is 4.79 Å². The fraction of sp³-hybridized carbons (Fsp3) is 0.133. The van der Waals surface area contributed by atoms with E-state index in [-0.39, 0.29) is 5.56 Å². The van der Waals surface area contributed by atoms with Crippen LogP contribution in [0.15, 0.2) is 48.5 Å². The van der Waals surface area contributed by atoms with Crippen LogP contribution in [0.3, 0.4) is 0 Å². The van der Waals surface area contributed by atoms with Crippen molar-refractivity contribution < 1.29 is 19.4 Å². The van der Waals surface area contributed by atoms with E-state index in [1.54, 1.807) is 42.5 Å². The van der Waals surface area contributed by atoms with Gasteiger partial charge in [-0.1, -0.05) is 12.1 Å². The van der Waals surface area contributed by atoms with Crippen LogP contribution in [0.25, 0.3) is 0 Å². The molecular weight excluding hydrogens is 244 g/mol. The maximum Gasteiger partial charge on any atom is 0.339 e. The monoisotopic (exact) mass is 258 g/mol. The van der Waals surface area contributed by atoms with Gasteiger partial charge in [0.15, 0.2) is 0 Å². The van der Waals surface area contributed by atoms with Gasteiger partial charge in [0.05, 0.1) is 6.61 Å². The lowest BCUT2D eigenvalue weighted by molar-refractivity contribution is 0.0694. The molecule has 0 spiro atoms. The highest BCUT2D eigenvalue weighted by Crippen LogP contribution is 2.26. The predicted octanol–water partition coefficient (Wildman–Crippen LogP) is 3.58. The number of rotatable bonds is 5. The molecule has 2 aromatic rings. The summed E-state index contributed by atoms with van der Waals surface area (Å²) in [4.78, 5) is 11.1. The Labute approximate surface area is 111 Å². The van der Waals surface area contributed by atoms with E-state index < -0.39 is 5.97 Å². The predicted molar refractivity (Wildman–Crippen MR) is 71.1 cm³/mol. The third-order valence-electron chi connectivity index (χ3n) is 2.48. The number of ether oxygens (including phenoxy) is 2. The second-order valence-electron chi connectivity index (χ2n) is 3.81. The van der Waals surface area contributed by atoms with Crippen LogP contribution in [0, 0.1) is 0 Å². The van der Waals surface area contributed by atoms with Crippen LogP contribution < -0.4 is 9.47 Å². The van der Waals surface area contributed by atoms with Crippen molar-refractivity contribution in [2.24, 2.45) is 0 Å². The summed E-state index contributed by atoms with van der Waals surface area (Å²) >= 11 is 0. The van der Waals surface area contributed by atoms with Gasteiger partial charge in [0.1, 0.15) is 22.8 Å². The molecule has 0 bridgehead atoms. The molecule has 0 saturated carbocycles. The van der Waals surface area contributed by atoms with Crippen LogP contribution in [0.4, 0.5) is 0 Å². The van der Waals surface area contributed by atoms with Crippen LogP contribution in [-0.2, 0) is 0 Å². The molecule has 0 aliphatic heterocycles. The van der Waals surface area contributed by atoms with Crippen molar-refractivity contribution in [2.45, 2.75) is 6.92 Å². The lowest BCUT2D eigenvalue weighted by Crippen LogP contribution is -1.99. The second-order valence-corrected chi connectivity index (χ2v) is 3.81. The van der Waals surface area contributed by atoms with E-state index in [9.17, 15) is 4.79 Å². The molecule has 0 fully saturated rings. The van der Waals surface area contributed by atoms with Gasteiger partial charge >= 0.3 is 5.97 Å². The Morgan fingerprint density at radius 1 is 1.05 bits per heavy atom. The average molecular weight is 258 g/mol. The SMILES string of the molecule is CCOc1ccc(Oc2ccccc2C(=O)O)cc1. The highest BCUT2D eigenvalue weighted by molar-refractivity contribution is 5.90. The fourth-order valence-corrected chi connectivity index (χ4v) is 1.63. The lowest BCUT2D eigenvalue weighted by atomic mass is 10.2. The van der Waals surface area contributed by atoms with Gasteiger partial charge in [-0.15, -0.1) is 0 Å². The zero-order valence-electron chi connectivity index (χ0n) is 10.5. The van der Waals surface area contributed by atoms with Gasteiger partial charge in [-0.05, 0) is 43.3 Å². The summed E-state index contributed by atoms with van der Waals surface area (Å²) in [5.74, 6) is 0.624. The van der Waals surface area contributed by atoms with E-state index in [4.69, 9.17) is 14.6 Å². The number of aromatic carboxylic acids is 1. The molecule has 0 aromatic heterocycles. The summed E-state index contributed by atoms with van der Waals surface area (Å²) < 4.78 is 10.9. The van der Waals surface area contributed by atoms with Crippen molar-refractivity contribution in [3.63, 3.8) is 0 Å². The Bertz CT molecular complexity index is 561. The van der Waals surface area contributed by atoms with Gasteiger partial charge in [0.2, 0.25) is 0 Å². The van der Waals surface area contributed by atoms with Crippen LogP contribution in [0.2, 0.25) is 0 Å². The molecule has 0 unspecified atom stereocenters. The summed E-state index contributed by atoms with van der Waals surface area (Å²) in [5, 5.41) is 9.06. The molecule has 0 aliphatic carbocycles. The first-order valence-electron chi connectivity index (χ1n) is 5.93. The Hall–Kier alpha value is -2.49. The molecule has 0 aliphatic rings. The Balaban J connectivity index is 2.19. The number of carboxylic acids is 1. The first-order chi connectivity index (χ1) is 9.20. The van der Waals surface area contributed by atoms with Crippen LogP contribution >= 0.6 is 0 Å². The van der Waals surface area contributed by atoms with E-state index >= 15 is 0 Å².